The molecule has 4 nitrogen and oxygen atoms in total. The second-order valence-electron chi connectivity index (χ2n) is 6.68. The van der Waals surface area contributed by atoms with Gasteiger partial charge in [0.05, 0.1) is 13.0 Å². The maximum absolute atomic E-state index is 11.0. The number of ketones is 1. The van der Waals surface area contributed by atoms with Crippen molar-refractivity contribution in [2.75, 3.05) is 7.11 Å². The molecule has 3 aromatic carbocycles. The van der Waals surface area contributed by atoms with Crippen molar-refractivity contribution in [3.8, 4) is 5.75 Å². The molecule has 0 fully saturated rings. The van der Waals surface area contributed by atoms with Gasteiger partial charge >= 0.3 is 5.97 Å². The molecule has 146 valence electrons. The van der Waals surface area contributed by atoms with Crippen LogP contribution in [0, 0.1) is 0 Å². The van der Waals surface area contributed by atoms with E-state index in [9.17, 15) is 9.59 Å². The lowest BCUT2D eigenvalue weighted by atomic mass is 9.95. The maximum Gasteiger partial charge on any atom is 0.310 e. The summed E-state index contributed by atoms with van der Waals surface area (Å²) in [6.07, 6.45) is 1.53. The minimum Gasteiger partial charge on any atom is -0.497 e. The molecule has 0 radical (unpaired) electrons. The Bertz CT molecular complexity index is 932. The predicted molar refractivity (Wildman–Crippen MR) is 112 cm³/mol. The normalized spacial score (nSPS) is 11.2. The van der Waals surface area contributed by atoms with E-state index in [1.165, 1.54) is 5.56 Å². The van der Waals surface area contributed by atoms with Gasteiger partial charge < -0.3 is 14.6 Å². The third-order valence-corrected chi connectivity index (χ3v) is 4.57. The number of methoxy groups -OCH3 is 1. The quantitative estimate of drug-likeness (QED) is 0.637. The van der Waals surface area contributed by atoms with E-state index >= 15 is 0 Å². The molecule has 0 heterocycles. The molecule has 0 aromatic heterocycles. The molecule has 4 heteroatoms. The molecule has 0 bridgehead atoms. The van der Waals surface area contributed by atoms with E-state index in [1.54, 1.807) is 21.0 Å². The number of hydrogen-bond donors (Lipinski definition) is 1. The summed E-state index contributed by atoms with van der Waals surface area (Å²) < 4.78 is 5.15. The van der Waals surface area contributed by atoms with Crippen LogP contribution in [0.2, 0.25) is 0 Å². The molecular formula is C24H26O4. The van der Waals surface area contributed by atoms with Crippen molar-refractivity contribution in [3.63, 3.8) is 0 Å². The first-order chi connectivity index (χ1) is 13.4. The zero-order chi connectivity index (χ0) is 20.5. The van der Waals surface area contributed by atoms with Crippen LogP contribution in [0.15, 0.2) is 66.7 Å². The van der Waals surface area contributed by atoms with Gasteiger partial charge in [0, 0.05) is 6.42 Å². The van der Waals surface area contributed by atoms with Crippen LogP contribution in [0.4, 0.5) is 0 Å². The van der Waals surface area contributed by atoms with Crippen molar-refractivity contribution in [2.45, 2.75) is 32.6 Å². The molecule has 3 aromatic rings. The molecule has 0 saturated heterocycles. The number of rotatable bonds is 6. The largest absolute Gasteiger partial charge is 0.497 e. The number of hydrogen-bond acceptors (Lipinski definition) is 3. The first kappa shape index (κ1) is 21.2. The molecule has 0 aliphatic heterocycles. The zero-order valence-corrected chi connectivity index (χ0v) is 16.5. The summed E-state index contributed by atoms with van der Waals surface area (Å²) in [5, 5.41) is 11.0. The van der Waals surface area contributed by atoms with Crippen molar-refractivity contribution < 1.29 is 19.4 Å². The minimum atomic E-state index is -0.812. The van der Waals surface area contributed by atoms with Crippen LogP contribution in [0.5, 0.6) is 5.75 Å². The standard InChI is InChI=1S/C14H14O3.C10H12O/c1-9(14(15)16)12-5-3-4-10-8-11(17-2)6-7-13(10)12;1-9(11)7-8-10-5-3-2-4-6-10/h3-9H,1-2H3,(H,15,16);2-6H,7-8H2,1H3. The second-order valence-corrected chi connectivity index (χ2v) is 6.68. The van der Waals surface area contributed by atoms with Crippen molar-refractivity contribution in [1.29, 1.82) is 0 Å². The number of carbonyl (C=O) groups is 2. The molecule has 1 N–H and O–H groups in total. The Kier molecular flexibility index (Phi) is 7.76. The van der Waals surface area contributed by atoms with Crippen molar-refractivity contribution >= 4 is 22.5 Å². The molecule has 28 heavy (non-hydrogen) atoms. The third kappa shape index (κ3) is 5.95. The van der Waals surface area contributed by atoms with Crippen LogP contribution in [0.1, 0.15) is 37.3 Å². The molecule has 0 saturated carbocycles. The van der Waals surface area contributed by atoms with Gasteiger partial charge in [-0.05, 0) is 54.3 Å². The van der Waals surface area contributed by atoms with Gasteiger partial charge in [0.1, 0.15) is 11.5 Å². The number of Topliss-reactive ketones (excluding diaryl/α,β-unsaturated/α-hetero) is 1. The number of carbonyl (C=O) groups excluding carboxylic acids is 1. The van der Waals surface area contributed by atoms with Gasteiger partial charge in [0.25, 0.3) is 0 Å². The van der Waals surface area contributed by atoms with Crippen molar-refractivity contribution in [2.24, 2.45) is 0 Å². The van der Waals surface area contributed by atoms with E-state index in [-0.39, 0.29) is 5.78 Å². The van der Waals surface area contributed by atoms with E-state index in [0.29, 0.717) is 6.42 Å². The van der Waals surface area contributed by atoms with E-state index in [1.807, 2.05) is 66.7 Å². The van der Waals surface area contributed by atoms with Crippen LogP contribution in [0.3, 0.4) is 0 Å². The van der Waals surface area contributed by atoms with Crippen LogP contribution < -0.4 is 4.74 Å². The minimum absolute atomic E-state index is 0.258. The molecule has 0 aliphatic rings. The topological polar surface area (TPSA) is 63.6 Å². The third-order valence-electron chi connectivity index (χ3n) is 4.57. The molecule has 1 unspecified atom stereocenters. The number of benzene rings is 3. The highest BCUT2D eigenvalue weighted by molar-refractivity contribution is 5.91. The number of ether oxygens (including phenoxy) is 1. The number of fused-ring (bicyclic) bond motifs is 1. The number of carboxylic acid groups (broad SMARTS) is 1. The van der Waals surface area contributed by atoms with E-state index in [4.69, 9.17) is 9.84 Å². The fraction of sp³-hybridized carbons (Fsp3) is 0.250. The lowest BCUT2D eigenvalue weighted by Gasteiger charge is -2.11. The van der Waals surface area contributed by atoms with Crippen molar-refractivity contribution in [1.82, 2.24) is 0 Å². The average molecular weight is 378 g/mol. The summed E-state index contributed by atoms with van der Waals surface area (Å²) in [5.41, 5.74) is 2.07. The Morgan fingerprint density at radius 1 is 1.00 bits per heavy atom. The van der Waals surface area contributed by atoms with Crippen LogP contribution in [-0.2, 0) is 16.0 Å². The summed E-state index contributed by atoms with van der Waals surface area (Å²) in [5.74, 6) is -0.285. The van der Waals surface area contributed by atoms with Gasteiger partial charge in [-0.2, -0.15) is 0 Å². The Hall–Kier alpha value is -3.14. The SMILES string of the molecule is CC(=O)CCc1ccccc1.COc1ccc2c(C(C)C(=O)O)cccc2c1. The van der Waals surface area contributed by atoms with Crippen molar-refractivity contribution in [3.05, 3.63) is 77.9 Å². The smallest absolute Gasteiger partial charge is 0.310 e. The Morgan fingerprint density at radius 2 is 1.71 bits per heavy atom. The highest BCUT2D eigenvalue weighted by atomic mass is 16.5. The molecule has 3 rings (SSSR count). The van der Waals surface area contributed by atoms with Gasteiger partial charge in [0.15, 0.2) is 0 Å². The Balaban J connectivity index is 0.000000221. The Labute approximate surface area is 165 Å². The van der Waals surface area contributed by atoms with Crippen LogP contribution in [0.25, 0.3) is 10.8 Å². The molecular weight excluding hydrogens is 352 g/mol. The van der Waals surface area contributed by atoms with Gasteiger partial charge in [0.2, 0.25) is 0 Å². The number of carboxylic acids is 1. The van der Waals surface area contributed by atoms with E-state index in [2.05, 4.69) is 0 Å². The van der Waals surface area contributed by atoms with Gasteiger partial charge in [-0.1, -0.05) is 54.6 Å². The molecule has 1 atom stereocenters. The van der Waals surface area contributed by atoms with Gasteiger partial charge in [-0.25, -0.2) is 0 Å². The molecule has 0 aliphatic carbocycles. The summed E-state index contributed by atoms with van der Waals surface area (Å²) in [7, 11) is 1.62. The molecule has 0 spiro atoms. The summed E-state index contributed by atoms with van der Waals surface area (Å²) in [6.45, 7) is 3.32. The highest BCUT2D eigenvalue weighted by Gasteiger charge is 2.16. The lowest BCUT2D eigenvalue weighted by Crippen LogP contribution is -2.07. The Morgan fingerprint density at radius 3 is 2.32 bits per heavy atom. The summed E-state index contributed by atoms with van der Waals surface area (Å²) in [6, 6.07) is 21.4. The van der Waals surface area contributed by atoms with Crippen LogP contribution >= 0.6 is 0 Å². The van der Waals surface area contributed by atoms with Gasteiger partial charge in [-0.3, -0.25) is 4.79 Å². The molecule has 0 amide bonds. The lowest BCUT2D eigenvalue weighted by molar-refractivity contribution is -0.138. The first-order valence-electron chi connectivity index (χ1n) is 9.25. The number of aryl methyl sites for hydroxylation is 1. The number of aliphatic carboxylic acids is 1. The second kappa shape index (κ2) is 10.3. The summed E-state index contributed by atoms with van der Waals surface area (Å²) in [4.78, 5) is 21.7. The van der Waals surface area contributed by atoms with Gasteiger partial charge in [-0.15, -0.1) is 0 Å². The monoisotopic (exact) mass is 378 g/mol. The fourth-order valence-corrected chi connectivity index (χ4v) is 2.89. The summed E-state index contributed by atoms with van der Waals surface area (Å²) >= 11 is 0. The maximum atomic E-state index is 11.0. The fourth-order valence-electron chi connectivity index (χ4n) is 2.89. The highest BCUT2D eigenvalue weighted by Crippen LogP contribution is 2.28. The first-order valence-corrected chi connectivity index (χ1v) is 9.25. The predicted octanol–water partition coefficient (Wildman–Crippen LogP) is 5.24. The van der Waals surface area contributed by atoms with Crippen LogP contribution in [-0.4, -0.2) is 24.0 Å². The van der Waals surface area contributed by atoms with E-state index in [0.717, 1.165) is 28.5 Å². The zero-order valence-electron chi connectivity index (χ0n) is 16.5. The van der Waals surface area contributed by atoms with E-state index < -0.39 is 11.9 Å². The average Bonchev–Trinajstić information content (AvgIpc) is 2.72.